The SMILES string of the molecule is C[C@H](Oc1ccc(Cl)cc1Cl)C(=O)NCCCNC(=O)c1cnccn1. The van der Waals surface area contributed by atoms with Crippen molar-refractivity contribution in [1.82, 2.24) is 20.6 Å². The summed E-state index contributed by atoms with van der Waals surface area (Å²) in [7, 11) is 0. The molecule has 0 radical (unpaired) electrons. The lowest BCUT2D eigenvalue weighted by atomic mass is 10.3. The van der Waals surface area contributed by atoms with Crippen LogP contribution in [0.5, 0.6) is 5.75 Å². The number of benzene rings is 1. The molecule has 1 aromatic heterocycles. The van der Waals surface area contributed by atoms with Crippen molar-refractivity contribution < 1.29 is 14.3 Å². The maximum Gasteiger partial charge on any atom is 0.271 e. The standard InChI is InChI=1S/C17H18Cl2N4O3/c1-11(26-15-4-3-12(18)9-13(15)19)16(24)22-5-2-6-23-17(25)14-10-20-7-8-21-14/h3-4,7-11H,2,5-6H2,1H3,(H,22,24)(H,23,25)/t11-/m0/s1. The maximum absolute atomic E-state index is 12.0. The molecule has 138 valence electrons. The summed E-state index contributed by atoms with van der Waals surface area (Å²) in [6, 6.07) is 4.78. The highest BCUT2D eigenvalue weighted by molar-refractivity contribution is 6.35. The number of halogens is 2. The smallest absolute Gasteiger partial charge is 0.271 e. The van der Waals surface area contributed by atoms with Crippen LogP contribution in [0.25, 0.3) is 0 Å². The Balaban J connectivity index is 1.67. The summed E-state index contributed by atoms with van der Waals surface area (Å²) in [5.74, 6) is -0.204. The van der Waals surface area contributed by atoms with Gasteiger partial charge in [0.1, 0.15) is 11.4 Å². The number of carbonyl (C=O) groups is 2. The van der Waals surface area contributed by atoms with E-state index in [2.05, 4.69) is 20.6 Å². The lowest BCUT2D eigenvalue weighted by Crippen LogP contribution is -2.38. The quantitative estimate of drug-likeness (QED) is 0.668. The molecule has 1 atom stereocenters. The molecule has 1 heterocycles. The first-order valence-corrected chi connectivity index (χ1v) is 8.66. The third-order valence-electron chi connectivity index (χ3n) is 3.30. The lowest BCUT2D eigenvalue weighted by molar-refractivity contribution is -0.127. The van der Waals surface area contributed by atoms with Gasteiger partial charge in [0.2, 0.25) is 0 Å². The van der Waals surface area contributed by atoms with Crippen LogP contribution in [-0.4, -0.2) is 41.0 Å². The lowest BCUT2D eigenvalue weighted by Gasteiger charge is -2.15. The van der Waals surface area contributed by atoms with Gasteiger partial charge < -0.3 is 15.4 Å². The first-order chi connectivity index (χ1) is 12.5. The second-order valence-electron chi connectivity index (χ2n) is 5.33. The van der Waals surface area contributed by atoms with Gasteiger partial charge in [-0.05, 0) is 31.5 Å². The molecular weight excluding hydrogens is 379 g/mol. The number of nitrogens with one attached hydrogen (secondary N) is 2. The van der Waals surface area contributed by atoms with Crippen molar-refractivity contribution in [2.45, 2.75) is 19.4 Å². The molecule has 2 rings (SSSR count). The summed E-state index contributed by atoms with van der Waals surface area (Å²) in [5, 5.41) is 6.26. The first-order valence-electron chi connectivity index (χ1n) is 7.91. The van der Waals surface area contributed by atoms with E-state index in [4.69, 9.17) is 27.9 Å². The molecular formula is C17H18Cl2N4O3. The normalized spacial score (nSPS) is 11.5. The number of ether oxygens (including phenoxy) is 1. The van der Waals surface area contributed by atoms with Crippen LogP contribution < -0.4 is 15.4 Å². The number of hydrogen-bond donors (Lipinski definition) is 2. The predicted octanol–water partition coefficient (Wildman–Crippen LogP) is 2.49. The van der Waals surface area contributed by atoms with Crippen LogP contribution in [0.3, 0.4) is 0 Å². The molecule has 2 N–H and O–H groups in total. The van der Waals surface area contributed by atoms with E-state index in [0.29, 0.717) is 35.3 Å². The summed E-state index contributed by atoms with van der Waals surface area (Å²) in [5.41, 5.74) is 0.249. The molecule has 26 heavy (non-hydrogen) atoms. The van der Waals surface area contributed by atoms with E-state index >= 15 is 0 Å². The van der Waals surface area contributed by atoms with Crippen LogP contribution in [0.15, 0.2) is 36.8 Å². The van der Waals surface area contributed by atoms with E-state index < -0.39 is 6.10 Å². The van der Waals surface area contributed by atoms with Crippen LogP contribution >= 0.6 is 23.2 Å². The van der Waals surface area contributed by atoms with Gasteiger partial charge in [-0.3, -0.25) is 14.6 Å². The molecule has 0 unspecified atom stereocenters. The Hall–Kier alpha value is -2.38. The van der Waals surface area contributed by atoms with Crippen molar-refractivity contribution in [3.8, 4) is 5.75 Å². The second kappa shape index (κ2) is 9.94. The van der Waals surface area contributed by atoms with Gasteiger partial charge in [-0.15, -0.1) is 0 Å². The number of carbonyl (C=O) groups excluding carboxylic acids is 2. The monoisotopic (exact) mass is 396 g/mol. The minimum Gasteiger partial charge on any atom is -0.479 e. The Morgan fingerprint density at radius 2 is 1.96 bits per heavy atom. The zero-order chi connectivity index (χ0) is 18.9. The molecule has 0 bridgehead atoms. The Bertz CT molecular complexity index is 759. The van der Waals surface area contributed by atoms with Gasteiger partial charge in [0.15, 0.2) is 6.10 Å². The fourth-order valence-corrected chi connectivity index (χ4v) is 2.42. The van der Waals surface area contributed by atoms with Gasteiger partial charge in [0, 0.05) is 30.5 Å². The molecule has 0 saturated carbocycles. The fourth-order valence-electron chi connectivity index (χ4n) is 1.97. The number of rotatable bonds is 8. The highest BCUT2D eigenvalue weighted by atomic mass is 35.5. The van der Waals surface area contributed by atoms with Gasteiger partial charge >= 0.3 is 0 Å². The van der Waals surface area contributed by atoms with Gasteiger partial charge in [-0.25, -0.2) is 4.98 Å². The topological polar surface area (TPSA) is 93.2 Å². The Kier molecular flexibility index (Phi) is 7.62. The molecule has 2 amide bonds. The number of hydrogen-bond acceptors (Lipinski definition) is 5. The van der Waals surface area contributed by atoms with Gasteiger partial charge in [-0.2, -0.15) is 0 Å². The highest BCUT2D eigenvalue weighted by Crippen LogP contribution is 2.28. The molecule has 7 nitrogen and oxygen atoms in total. The van der Waals surface area contributed by atoms with Crippen LogP contribution in [0, 0.1) is 0 Å². The Labute approximate surface area is 161 Å². The summed E-state index contributed by atoms with van der Waals surface area (Å²) in [6.45, 7) is 2.41. The van der Waals surface area contributed by atoms with Crippen LogP contribution in [-0.2, 0) is 4.79 Å². The third kappa shape index (κ3) is 6.16. The van der Waals surface area contributed by atoms with Gasteiger partial charge in [-0.1, -0.05) is 23.2 Å². The Morgan fingerprint density at radius 3 is 2.65 bits per heavy atom. The number of nitrogens with zero attached hydrogens (tertiary/aromatic N) is 2. The van der Waals surface area contributed by atoms with E-state index in [0.717, 1.165) is 0 Å². The molecule has 2 aromatic rings. The van der Waals surface area contributed by atoms with Crippen LogP contribution in [0.1, 0.15) is 23.8 Å². The van der Waals surface area contributed by atoms with Crippen molar-refractivity contribution in [2.24, 2.45) is 0 Å². The highest BCUT2D eigenvalue weighted by Gasteiger charge is 2.15. The summed E-state index contributed by atoms with van der Waals surface area (Å²) in [4.78, 5) is 31.5. The second-order valence-corrected chi connectivity index (χ2v) is 6.17. The zero-order valence-corrected chi connectivity index (χ0v) is 15.5. The zero-order valence-electron chi connectivity index (χ0n) is 14.0. The molecule has 0 aliphatic carbocycles. The van der Waals surface area contributed by atoms with Crippen molar-refractivity contribution in [3.05, 3.63) is 52.5 Å². The van der Waals surface area contributed by atoms with Crippen molar-refractivity contribution in [2.75, 3.05) is 13.1 Å². The molecule has 9 heteroatoms. The van der Waals surface area contributed by atoms with E-state index in [1.807, 2.05) is 0 Å². The van der Waals surface area contributed by atoms with Gasteiger partial charge in [0.25, 0.3) is 11.8 Å². The van der Waals surface area contributed by atoms with Crippen molar-refractivity contribution in [1.29, 1.82) is 0 Å². The number of amides is 2. The summed E-state index contributed by atoms with van der Waals surface area (Å²) in [6.07, 6.45) is 4.17. The van der Waals surface area contributed by atoms with E-state index in [1.165, 1.54) is 18.6 Å². The average Bonchev–Trinajstić information content (AvgIpc) is 2.64. The van der Waals surface area contributed by atoms with Crippen molar-refractivity contribution in [3.63, 3.8) is 0 Å². The molecule has 0 fully saturated rings. The molecule has 0 aliphatic heterocycles. The molecule has 1 aromatic carbocycles. The fraction of sp³-hybridized carbons (Fsp3) is 0.294. The van der Waals surface area contributed by atoms with E-state index in [-0.39, 0.29) is 17.5 Å². The number of aromatic nitrogens is 2. The van der Waals surface area contributed by atoms with E-state index in [1.54, 1.807) is 25.1 Å². The van der Waals surface area contributed by atoms with Gasteiger partial charge in [0.05, 0.1) is 11.2 Å². The predicted molar refractivity (Wildman–Crippen MR) is 98.5 cm³/mol. The van der Waals surface area contributed by atoms with Crippen LogP contribution in [0.4, 0.5) is 0 Å². The molecule has 0 spiro atoms. The average molecular weight is 397 g/mol. The molecule has 0 saturated heterocycles. The summed E-state index contributed by atoms with van der Waals surface area (Å²) >= 11 is 11.8. The van der Waals surface area contributed by atoms with Crippen LogP contribution in [0.2, 0.25) is 10.0 Å². The van der Waals surface area contributed by atoms with Crippen molar-refractivity contribution >= 4 is 35.0 Å². The summed E-state index contributed by atoms with van der Waals surface area (Å²) < 4.78 is 5.53. The molecule has 0 aliphatic rings. The first kappa shape index (κ1) is 19.9. The Morgan fingerprint density at radius 1 is 1.19 bits per heavy atom. The third-order valence-corrected chi connectivity index (χ3v) is 3.83. The maximum atomic E-state index is 12.0. The minimum atomic E-state index is -0.720. The van der Waals surface area contributed by atoms with E-state index in [9.17, 15) is 9.59 Å². The minimum absolute atomic E-state index is 0.249. The largest absolute Gasteiger partial charge is 0.479 e.